The van der Waals surface area contributed by atoms with Crippen LogP contribution in [0.15, 0.2) is 85.1 Å². The minimum atomic E-state index is -1.84. The van der Waals surface area contributed by atoms with E-state index in [0.717, 1.165) is 29.3 Å². The molecule has 2 unspecified atom stereocenters. The molecule has 0 radical (unpaired) electrons. The maximum Gasteiger partial charge on any atom is 0.217 e. The highest BCUT2D eigenvalue weighted by Gasteiger charge is 2.44. The molecule has 0 fully saturated rings. The summed E-state index contributed by atoms with van der Waals surface area (Å²) in [5.74, 6) is -1.87. The Bertz CT molecular complexity index is 1350. The predicted molar refractivity (Wildman–Crippen MR) is 143 cm³/mol. The lowest BCUT2D eigenvalue weighted by atomic mass is 9.71. The first-order chi connectivity index (χ1) is 17.7. The second-order valence-corrected chi connectivity index (χ2v) is 9.71. The number of aromatic nitrogens is 1. The molecule has 0 aliphatic rings. The molecule has 192 valence electrons. The summed E-state index contributed by atoms with van der Waals surface area (Å²) in [5.41, 5.74) is 0.921. The van der Waals surface area contributed by atoms with Gasteiger partial charge in [0.25, 0.3) is 0 Å². The third-order valence-corrected chi connectivity index (χ3v) is 6.76. The van der Waals surface area contributed by atoms with Crippen molar-refractivity contribution in [1.82, 2.24) is 9.88 Å². The topological polar surface area (TPSA) is 45.6 Å². The van der Waals surface area contributed by atoms with Crippen LogP contribution in [0.2, 0.25) is 5.02 Å². The SMILES string of the molecule is COc1ncc(-c2ccc(Cl)cc2)cc1C(c1ccccc1)C(O)(CCN(C)C)c1cc(F)ccc1F. The number of pyridine rings is 1. The molecule has 7 heteroatoms. The van der Waals surface area contributed by atoms with Crippen LogP contribution in [0, 0.1) is 11.6 Å². The number of rotatable bonds is 9. The molecule has 4 aromatic rings. The van der Waals surface area contributed by atoms with Crippen molar-refractivity contribution in [3.05, 3.63) is 118 Å². The molecule has 37 heavy (non-hydrogen) atoms. The lowest BCUT2D eigenvalue weighted by molar-refractivity contribution is 0.000317. The molecule has 0 saturated heterocycles. The molecule has 1 heterocycles. The first-order valence-electron chi connectivity index (χ1n) is 11.9. The summed E-state index contributed by atoms with van der Waals surface area (Å²) in [4.78, 5) is 6.43. The van der Waals surface area contributed by atoms with E-state index in [4.69, 9.17) is 16.3 Å². The molecule has 4 nitrogen and oxygen atoms in total. The number of methoxy groups -OCH3 is 1. The third kappa shape index (κ3) is 5.82. The Morgan fingerprint density at radius 1 is 0.973 bits per heavy atom. The maximum absolute atomic E-state index is 15.3. The highest BCUT2D eigenvalue weighted by molar-refractivity contribution is 6.30. The highest BCUT2D eigenvalue weighted by Crippen LogP contribution is 2.48. The molecule has 0 aliphatic carbocycles. The second-order valence-electron chi connectivity index (χ2n) is 9.27. The zero-order valence-electron chi connectivity index (χ0n) is 21.0. The quantitative estimate of drug-likeness (QED) is 0.267. The van der Waals surface area contributed by atoms with Crippen molar-refractivity contribution in [2.24, 2.45) is 0 Å². The van der Waals surface area contributed by atoms with E-state index in [-0.39, 0.29) is 17.9 Å². The van der Waals surface area contributed by atoms with E-state index in [9.17, 15) is 9.50 Å². The number of halogens is 3. The smallest absolute Gasteiger partial charge is 0.217 e. The van der Waals surface area contributed by atoms with Crippen LogP contribution in [0.1, 0.15) is 29.0 Å². The van der Waals surface area contributed by atoms with Gasteiger partial charge in [0, 0.05) is 40.4 Å². The average molecular weight is 523 g/mol. The zero-order valence-corrected chi connectivity index (χ0v) is 21.7. The molecule has 0 amide bonds. The van der Waals surface area contributed by atoms with Gasteiger partial charge in [-0.05, 0) is 68.0 Å². The maximum atomic E-state index is 15.3. The van der Waals surface area contributed by atoms with E-state index in [1.807, 2.05) is 67.5 Å². The summed E-state index contributed by atoms with van der Waals surface area (Å²) in [6, 6.07) is 21.6. The zero-order chi connectivity index (χ0) is 26.6. The second kappa shape index (κ2) is 11.4. The van der Waals surface area contributed by atoms with E-state index in [1.165, 1.54) is 7.11 Å². The Balaban J connectivity index is 2.01. The molecule has 0 spiro atoms. The van der Waals surface area contributed by atoms with Gasteiger partial charge in [-0.1, -0.05) is 54.1 Å². The highest BCUT2D eigenvalue weighted by atomic mass is 35.5. The Hall–Kier alpha value is -3.32. The van der Waals surface area contributed by atoms with Gasteiger partial charge in [0.1, 0.15) is 17.2 Å². The normalized spacial score (nSPS) is 13.8. The summed E-state index contributed by atoms with van der Waals surface area (Å²) in [5, 5.41) is 13.1. The van der Waals surface area contributed by atoms with Crippen LogP contribution in [0.4, 0.5) is 8.78 Å². The van der Waals surface area contributed by atoms with Gasteiger partial charge < -0.3 is 14.7 Å². The Morgan fingerprint density at radius 3 is 2.32 bits per heavy atom. The van der Waals surface area contributed by atoms with Gasteiger partial charge in [-0.2, -0.15) is 0 Å². The molecule has 1 N–H and O–H groups in total. The van der Waals surface area contributed by atoms with Crippen LogP contribution in [0.5, 0.6) is 5.88 Å². The predicted octanol–water partition coefficient (Wildman–Crippen LogP) is 6.66. The molecule has 0 aliphatic heterocycles. The lowest BCUT2D eigenvalue weighted by Gasteiger charge is -2.39. The third-order valence-electron chi connectivity index (χ3n) is 6.51. The van der Waals surface area contributed by atoms with Crippen LogP contribution >= 0.6 is 11.6 Å². The van der Waals surface area contributed by atoms with Crippen molar-refractivity contribution >= 4 is 11.6 Å². The van der Waals surface area contributed by atoms with E-state index in [0.29, 0.717) is 22.7 Å². The largest absolute Gasteiger partial charge is 0.481 e. The fraction of sp³-hybridized carbons (Fsp3) is 0.233. The standard InChI is InChI=1S/C30H29ClF2N2O2/c1-35(2)16-15-30(36,26-18-24(32)13-14-27(26)33)28(21-7-5-4-6-8-21)25-17-22(19-34-29(25)37-3)20-9-11-23(31)12-10-20/h4-14,17-19,28,36H,15-16H2,1-3H3. The van der Waals surface area contributed by atoms with E-state index in [2.05, 4.69) is 4.98 Å². The van der Waals surface area contributed by atoms with Gasteiger partial charge >= 0.3 is 0 Å². The van der Waals surface area contributed by atoms with Crippen LogP contribution < -0.4 is 4.74 Å². The molecular weight excluding hydrogens is 494 g/mol. The minimum Gasteiger partial charge on any atom is -0.481 e. The Kier molecular flexibility index (Phi) is 8.22. The van der Waals surface area contributed by atoms with Crippen molar-refractivity contribution in [2.75, 3.05) is 27.7 Å². The van der Waals surface area contributed by atoms with Crippen molar-refractivity contribution in [1.29, 1.82) is 0 Å². The van der Waals surface area contributed by atoms with Crippen molar-refractivity contribution in [2.45, 2.75) is 17.9 Å². The fourth-order valence-electron chi connectivity index (χ4n) is 4.66. The number of nitrogens with zero attached hydrogens (tertiary/aromatic N) is 2. The van der Waals surface area contributed by atoms with Crippen molar-refractivity contribution in [3.63, 3.8) is 0 Å². The number of aliphatic hydroxyl groups is 1. The number of benzene rings is 3. The molecule has 2 atom stereocenters. The first-order valence-corrected chi connectivity index (χ1v) is 12.3. The average Bonchev–Trinajstić information content (AvgIpc) is 2.90. The van der Waals surface area contributed by atoms with Gasteiger partial charge in [-0.25, -0.2) is 13.8 Å². The van der Waals surface area contributed by atoms with Gasteiger partial charge in [0.05, 0.1) is 7.11 Å². The van der Waals surface area contributed by atoms with Crippen LogP contribution in [0.25, 0.3) is 11.1 Å². The molecule has 0 bridgehead atoms. The fourth-order valence-corrected chi connectivity index (χ4v) is 4.79. The van der Waals surface area contributed by atoms with E-state index < -0.39 is 23.2 Å². The van der Waals surface area contributed by atoms with Gasteiger partial charge in [-0.3, -0.25) is 0 Å². The van der Waals surface area contributed by atoms with Gasteiger partial charge in [-0.15, -0.1) is 0 Å². The Morgan fingerprint density at radius 2 is 1.68 bits per heavy atom. The van der Waals surface area contributed by atoms with E-state index >= 15 is 4.39 Å². The summed E-state index contributed by atoms with van der Waals surface area (Å²) >= 11 is 6.09. The number of ether oxygens (including phenoxy) is 1. The number of hydrogen-bond donors (Lipinski definition) is 1. The van der Waals surface area contributed by atoms with Gasteiger partial charge in [0.2, 0.25) is 5.88 Å². The first kappa shape index (κ1) is 26.7. The number of hydrogen-bond acceptors (Lipinski definition) is 4. The summed E-state index contributed by atoms with van der Waals surface area (Å²) in [6.45, 7) is 0.419. The van der Waals surface area contributed by atoms with Crippen molar-refractivity contribution in [3.8, 4) is 17.0 Å². The van der Waals surface area contributed by atoms with Crippen LogP contribution in [0.3, 0.4) is 0 Å². The Labute approximate surface area is 221 Å². The minimum absolute atomic E-state index is 0.119. The van der Waals surface area contributed by atoms with Crippen molar-refractivity contribution < 1.29 is 18.6 Å². The molecule has 1 aromatic heterocycles. The van der Waals surface area contributed by atoms with Crippen LogP contribution in [-0.4, -0.2) is 42.7 Å². The summed E-state index contributed by atoms with van der Waals surface area (Å²) in [6.07, 6.45) is 1.80. The van der Waals surface area contributed by atoms with Gasteiger partial charge in [0.15, 0.2) is 0 Å². The molecule has 4 rings (SSSR count). The molecular formula is C30H29ClF2N2O2. The molecule has 0 saturated carbocycles. The summed E-state index contributed by atoms with van der Waals surface area (Å²) < 4.78 is 35.5. The monoisotopic (exact) mass is 522 g/mol. The lowest BCUT2D eigenvalue weighted by Crippen LogP contribution is -2.38. The molecule has 3 aromatic carbocycles. The van der Waals surface area contributed by atoms with Crippen LogP contribution in [-0.2, 0) is 5.60 Å². The van der Waals surface area contributed by atoms with E-state index in [1.54, 1.807) is 18.3 Å². The summed E-state index contributed by atoms with van der Waals surface area (Å²) in [7, 11) is 5.23.